The van der Waals surface area contributed by atoms with Crippen LogP contribution in [0.1, 0.15) is 40.0 Å². The molecule has 0 aliphatic rings. The van der Waals surface area contributed by atoms with E-state index >= 15 is 0 Å². The highest BCUT2D eigenvalue weighted by Crippen LogP contribution is 1.99. The largest absolute Gasteiger partial charge is 0.320 e. The van der Waals surface area contributed by atoms with Gasteiger partial charge in [0.05, 0.1) is 0 Å². The van der Waals surface area contributed by atoms with E-state index in [0.717, 1.165) is 12.5 Å². The lowest BCUT2D eigenvalue weighted by Crippen LogP contribution is -2.28. The van der Waals surface area contributed by atoms with Gasteiger partial charge >= 0.3 is 0 Å². The van der Waals surface area contributed by atoms with Gasteiger partial charge in [0.1, 0.15) is 0 Å². The Balaban J connectivity index is 3.15. The molecule has 1 unspecified atom stereocenters. The van der Waals surface area contributed by atoms with Crippen molar-refractivity contribution in [3.63, 3.8) is 0 Å². The number of hydrogen-bond donors (Lipinski definition) is 2. The van der Waals surface area contributed by atoms with Gasteiger partial charge in [0.2, 0.25) is 0 Å². The first-order valence-corrected chi connectivity index (χ1v) is 5.54. The fourth-order valence-corrected chi connectivity index (χ4v) is 1.31. The predicted octanol–water partition coefficient (Wildman–Crippen LogP) is 2.01. The SMILES string of the molecule is CNCCCC(C)NCCC(C)C. The molecule has 0 bridgehead atoms. The molecule has 0 fully saturated rings. The zero-order valence-corrected chi connectivity index (χ0v) is 9.69. The molecule has 1 atom stereocenters. The Morgan fingerprint density at radius 3 is 2.23 bits per heavy atom. The van der Waals surface area contributed by atoms with Gasteiger partial charge in [0.25, 0.3) is 0 Å². The number of rotatable bonds is 8. The topological polar surface area (TPSA) is 24.1 Å². The van der Waals surface area contributed by atoms with Crippen molar-refractivity contribution in [1.82, 2.24) is 10.6 Å². The predicted molar refractivity (Wildman–Crippen MR) is 60.1 cm³/mol. The first kappa shape index (κ1) is 12.9. The maximum absolute atomic E-state index is 3.55. The molecule has 0 aliphatic carbocycles. The minimum absolute atomic E-state index is 0.673. The van der Waals surface area contributed by atoms with E-state index in [0.29, 0.717) is 6.04 Å². The van der Waals surface area contributed by atoms with Crippen LogP contribution in [0.25, 0.3) is 0 Å². The van der Waals surface area contributed by atoms with Crippen molar-refractivity contribution < 1.29 is 0 Å². The summed E-state index contributed by atoms with van der Waals surface area (Å²) in [6.07, 6.45) is 3.83. The second-order valence-corrected chi connectivity index (χ2v) is 4.28. The highest BCUT2D eigenvalue weighted by molar-refractivity contribution is 4.61. The van der Waals surface area contributed by atoms with Crippen LogP contribution in [0.2, 0.25) is 0 Å². The molecule has 2 heteroatoms. The highest BCUT2D eigenvalue weighted by atomic mass is 14.9. The highest BCUT2D eigenvalue weighted by Gasteiger charge is 2.00. The van der Waals surface area contributed by atoms with Gasteiger partial charge in [-0.3, -0.25) is 0 Å². The van der Waals surface area contributed by atoms with Crippen molar-refractivity contribution in [3.05, 3.63) is 0 Å². The molecule has 13 heavy (non-hydrogen) atoms. The van der Waals surface area contributed by atoms with Crippen molar-refractivity contribution >= 4 is 0 Å². The first-order valence-electron chi connectivity index (χ1n) is 5.54. The summed E-state index contributed by atoms with van der Waals surface area (Å²) in [7, 11) is 2.01. The fraction of sp³-hybridized carbons (Fsp3) is 1.00. The van der Waals surface area contributed by atoms with Gasteiger partial charge in [0.15, 0.2) is 0 Å². The lowest BCUT2D eigenvalue weighted by atomic mass is 10.1. The minimum atomic E-state index is 0.673. The molecule has 0 aliphatic heterocycles. The van der Waals surface area contributed by atoms with Crippen molar-refractivity contribution in [2.75, 3.05) is 20.1 Å². The van der Waals surface area contributed by atoms with Crippen LogP contribution < -0.4 is 10.6 Å². The average molecular weight is 186 g/mol. The van der Waals surface area contributed by atoms with Crippen LogP contribution in [0.3, 0.4) is 0 Å². The van der Waals surface area contributed by atoms with Gasteiger partial charge in [-0.2, -0.15) is 0 Å². The molecule has 0 rings (SSSR count). The van der Waals surface area contributed by atoms with Crippen LogP contribution in [0.15, 0.2) is 0 Å². The zero-order valence-electron chi connectivity index (χ0n) is 9.69. The van der Waals surface area contributed by atoms with E-state index in [1.807, 2.05) is 7.05 Å². The summed E-state index contributed by atoms with van der Waals surface area (Å²) in [4.78, 5) is 0. The summed E-state index contributed by atoms with van der Waals surface area (Å²) in [6.45, 7) is 9.12. The second kappa shape index (κ2) is 8.52. The molecule has 2 nitrogen and oxygen atoms in total. The van der Waals surface area contributed by atoms with Crippen LogP contribution in [0.4, 0.5) is 0 Å². The van der Waals surface area contributed by atoms with Crippen LogP contribution in [-0.2, 0) is 0 Å². The molecule has 0 spiro atoms. The van der Waals surface area contributed by atoms with E-state index < -0.39 is 0 Å². The monoisotopic (exact) mass is 186 g/mol. The molecule has 0 aromatic heterocycles. The Morgan fingerprint density at radius 2 is 1.69 bits per heavy atom. The zero-order chi connectivity index (χ0) is 10.1. The van der Waals surface area contributed by atoms with Crippen molar-refractivity contribution in [3.8, 4) is 0 Å². The summed E-state index contributed by atoms with van der Waals surface area (Å²) >= 11 is 0. The van der Waals surface area contributed by atoms with Gasteiger partial charge in [-0.15, -0.1) is 0 Å². The quantitative estimate of drug-likeness (QED) is 0.567. The molecule has 0 saturated carbocycles. The number of hydrogen-bond acceptors (Lipinski definition) is 2. The molecule has 80 valence electrons. The van der Waals surface area contributed by atoms with E-state index in [1.54, 1.807) is 0 Å². The van der Waals surface area contributed by atoms with E-state index in [-0.39, 0.29) is 0 Å². The maximum Gasteiger partial charge on any atom is 0.00391 e. The standard InChI is InChI=1S/C11H26N2/c1-10(2)7-9-13-11(3)6-5-8-12-4/h10-13H,5-9H2,1-4H3. The average Bonchev–Trinajstić information content (AvgIpc) is 2.04. The normalized spacial score (nSPS) is 13.6. The Hall–Kier alpha value is -0.0800. The minimum Gasteiger partial charge on any atom is -0.320 e. The summed E-state index contributed by atoms with van der Waals surface area (Å²) in [5.41, 5.74) is 0. The molecule has 0 amide bonds. The molecular weight excluding hydrogens is 160 g/mol. The summed E-state index contributed by atoms with van der Waals surface area (Å²) in [5, 5.41) is 6.71. The molecule has 0 radical (unpaired) electrons. The molecule has 0 aromatic carbocycles. The molecule has 0 aromatic rings. The molecule has 0 saturated heterocycles. The van der Waals surface area contributed by atoms with E-state index in [4.69, 9.17) is 0 Å². The summed E-state index contributed by atoms with van der Waals surface area (Å²) in [6, 6.07) is 0.673. The van der Waals surface area contributed by atoms with Crippen molar-refractivity contribution in [2.45, 2.75) is 46.1 Å². The summed E-state index contributed by atoms with van der Waals surface area (Å²) < 4.78 is 0. The van der Waals surface area contributed by atoms with Gasteiger partial charge in [0, 0.05) is 6.04 Å². The van der Waals surface area contributed by atoms with Crippen LogP contribution in [0.5, 0.6) is 0 Å². The van der Waals surface area contributed by atoms with Gasteiger partial charge < -0.3 is 10.6 Å². The third kappa shape index (κ3) is 9.84. The van der Waals surface area contributed by atoms with E-state index in [2.05, 4.69) is 31.4 Å². The summed E-state index contributed by atoms with van der Waals surface area (Å²) in [5.74, 6) is 0.817. The van der Waals surface area contributed by atoms with Crippen LogP contribution in [-0.4, -0.2) is 26.2 Å². The van der Waals surface area contributed by atoms with Crippen LogP contribution in [0, 0.1) is 5.92 Å². The Labute approximate surface area is 83.5 Å². The van der Waals surface area contributed by atoms with Gasteiger partial charge in [-0.05, 0) is 52.2 Å². The first-order chi connectivity index (χ1) is 6.16. The third-order valence-electron chi connectivity index (χ3n) is 2.28. The Bertz CT molecular complexity index is 102. The van der Waals surface area contributed by atoms with Crippen LogP contribution >= 0.6 is 0 Å². The molecular formula is C11H26N2. The Morgan fingerprint density at radius 1 is 1.00 bits per heavy atom. The lowest BCUT2D eigenvalue weighted by molar-refractivity contribution is 0.458. The Kier molecular flexibility index (Phi) is 8.46. The second-order valence-electron chi connectivity index (χ2n) is 4.28. The van der Waals surface area contributed by atoms with Crippen molar-refractivity contribution in [1.29, 1.82) is 0 Å². The van der Waals surface area contributed by atoms with E-state index in [9.17, 15) is 0 Å². The number of nitrogens with one attached hydrogen (secondary N) is 2. The van der Waals surface area contributed by atoms with Gasteiger partial charge in [-0.1, -0.05) is 13.8 Å². The maximum atomic E-state index is 3.55. The lowest BCUT2D eigenvalue weighted by Gasteiger charge is -2.14. The fourth-order valence-electron chi connectivity index (χ4n) is 1.31. The third-order valence-corrected chi connectivity index (χ3v) is 2.28. The molecule has 0 heterocycles. The van der Waals surface area contributed by atoms with Crippen molar-refractivity contribution in [2.24, 2.45) is 5.92 Å². The molecule has 2 N–H and O–H groups in total. The van der Waals surface area contributed by atoms with E-state index in [1.165, 1.54) is 25.8 Å². The smallest absolute Gasteiger partial charge is 0.00391 e. The van der Waals surface area contributed by atoms with Gasteiger partial charge in [-0.25, -0.2) is 0 Å².